The van der Waals surface area contributed by atoms with Crippen LogP contribution in [0, 0.1) is 0 Å². The molecule has 4 aromatic rings. The quantitative estimate of drug-likeness (QED) is 0.212. The summed E-state index contributed by atoms with van der Waals surface area (Å²) in [6.45, 7) is -0.466. The average Bonchev–Trinajstić information content (AvgIpc) is 3.44. The molecule has 9 nitrogen and oxygen atoms in total. The number of carboxylic acids is 1. The van der Waals surface area contributed by atoms with Gasteiger partial charge in [0.15, 0.2) is 0 Å². The number of anilines is 1. The van der Waals surface area contributed by atoms with E-state index in [1.165, 1.54) is 24.3 Å². The Labute approximate surface area is 249 Å². The number of carbonyl (C=O) groups is 1. The number of halogens is 7. The lowest BCUT2D eigenvalue weighted by Crippen LogP contribution is -2.43. The van der Waals surface area contributed by atoms with Crippen molar-refractivity contribution in [2.45, 2.75) is 36.2 Å². The number of aromatic nitrogens is 2. The number of nitrogens with zero attached hydrogens (tertiary/aromatic N) is 3. The monoisotopic (exact) mass is 661 g/mol. The maximum absolute atomic E-state index is 13.7. The smallest absolute Gasteiger partial charge is 0.417 e. The van der Waals surface area contributed by atoms with Gasteiger partial charge in [-0.25, -0.2) is 8.42 Å². The van der Waals surface area contributed by atoms with Gasteiger partial charge < -0.3 is 14.4 Å². The number of carboxylic acid groups (broad SMARTS) is 1. The summed E-state index contributed by atoms with van der Waals surface area (Å²) >= 11 is 6.03. The average molecular weight is 662 g/mol. The molecule has 0 aliphatic carbocycles. The van der Waals surface area contributed by atoms with Gasteiger partial charge in [0.05, 0.1) is 38.8 Å². The Kier molecular flexibility index (Phi) is 8.01. The van der Waals surface area contributed by atoms with Crippen LogP contribution in [0.2, 0.25) is 5.02 Å². The topological polar surface area (TPSA) is 123 Å². The molecule has 1 aliphatic heterocycles. The maximum Gasteiger partial charge on any atom is 0.417 e. The van der Waals surface area contributed by atoms with Crippen LogP contribution in [0.25, 0.3) is 22.8 Å². The summed E-state index contributed by atoms with van der Waals surface area (Å²) in [5.41, 5.74) is -3.02. The Hall–Kier alpha value is -4.31. The number of hydrogen-bond acceptors (Lipinski definition) is 7. The van der Waals surface area contributed by atoms with Crippen LogP contribution in [0.4, 0.5) is 32.0 Å². The summed E-state index contributed by atoms with van der Waals surface area (Å²) in [5.74, 6) is -2.08. The third-order valence-corrected chi connectivity index (χ3v) is 8.63. The second-order valence-electron chi connectivity index (χ2n) is 9.50. The molecule has 0 bridgehead atoms. The minimum absolute atomic E-state index is 0.0277. The first-order chi connectivity index (χ1) is 20.6. The third kappa shape index (κ3) is 6.17. The van der Waals surface area contributed by atoms with E-state index in [1.54, 1.807) is 0 Å². The van der Waals surface area contributed by atoms with Crippen molar-refractivity contribution in [3.8, 4) is 28.6 Å². The van der Waals surface area contributed by atoms with Crippen LogP contribution >= 0.6 is 11.6 Å². The van der Waals surface area contributed by atoms with Crippen molar-refractivity contribution in [2.24, 2.45) is 0 Å². The van der Waals surface area contributed by atoms with Crippen molar-refractivity contribution in [1.82, 2.24) is 10.1 Å². The number of fused-ring (bicyclic) bond motifs is 1. The molecule has 0 saturated carbocycles. The number of aliphatic carboxylic acids is 1. The van der Waals surface area contributed by atoms with Gasteiger partial charge in [0.1, 0.15) is 11.9 Å². The van der Waals surface area contributed by atoms with Crippen molar-refractivity contribution in [2.75, 3.05) is 10.8 Å². The van der Waals surface area contributed by atoms with Gasteiger partial charge in [0.2, 0.25) is 5.82 Å². The number of hydrogen-bond donors (Lipinski definition) is 1. The van der Waals surface area contributed by atoms with Gasteiger partial charge in [-0.15, -0.1) is 0 Å². The van der Waals surface area contributed by atoms with Gasteiger partial charge in [-0.1, -0.05) is 28.9 Å². The fraction of sp³-hybridized carbons (Fsp3) is 0.222. The number of rotatable bonds is 7. The van der Waals surface area contributed by atoms with E-state index in [2.05, 4.69) is 10.1 Å². The van der Waals surface area contributed by atoms with Crippen LogP contribution < -0.4 is 9.04 Å². The minimum atomic E-state index is -4.84. The van der Waals surface area contributed by atoms with Crippen molar-refractivity contribution in [3.05, 3.63) is 76.8 Å². The molecule has 1 N–H and O–H groups in total. The fourth-order valence-electron chi connectivity index (χ4n) is 4.50. The van der Waals surface area contributed by atoms with Gasteiger partial charge in [0.25, 0.3) is 15.9 Å². The Bertz CT molecular complexity index is 1840. The zero-order chi connectivity index (χ0) is 32.0. The minimum Gasteiger partial charge on any atom is -0.486 e. The van der Waals surface area contributed by atoms with Crippen LogP contribution in [0.5, 0.6) is 5.75 Å². The summed E-state index contributed by atoms with van der Waals surface area (Å²) in [6.07, 6.45) is -11.1. The molecule has 1 atom stereocenters. The molecular weight excluding hydrogens is 644 g/mol. The van der Waals surface area contributed by atoms with Gasteiger partial charge in [-0.3, -0.25) is 9.10 Å². The normalized spacial score (nSPS) is 15.5. The van der Waals surface area contributed by atoms with Gasteiger partial charge in [0, 0.05) is 12.0 Å². The van der Waals surface area contributed by atoms with Gasteiger partial charge >= 0.3 is 18.3 Å². The van der Waals surface area contributed by atoms with E-state index >= 15 is 0 Å². The molecule has 0 saturated heterocycles. The second-order valence-corrected chi connectivity index (χ2v) is 11.8. The molecule has 0 unspecified atom stereocenters. The van der Waals surface area contributed by atoms with Crippen molar-refractivity contribution < 1.29 is 53.9 Å². The zero-order valence-corrected chi connectivity index (χ0v) is 23.4. The Morgan fingerprint density at radius 1 is 1.02 bits per heavy atom. The molecule has 17 heteroatoms. The highest BCUT2D eigenvalue weighted by molar-refractivity contribution is 7.92. The molecular formula is C27H18ClF6N3O6S. The predicted molar refractivity (Wildman–Crippen MR) is 142 cm³/mol. The van der Waals surface area contributed by atoms with E-state index in [9.17, 15) is 39.6 Å². The van der Waals surface area contributed by atoms with E-state index in [1.807, 2.05) is 0 Å². The summed E-state index contributed by atoms with van der Waals surface area (Å²) in [5, 5.41) is 12.4. The zero-order valence-electron chi connectivity index (χ0n) is 21.9. The van der Waals surface area contributed by atoms with Crippen LogP contribution in [0.15, 0.2) is 70.1 Å². The summed E-state index contributed by atoms with van der Waals surface area (Å²) < 4.78 is 120. The molecule has 2 heterocycles. The first kappa shape index (κ1) is 31.1. The molecule has 0 amide bonds. The van der Waals surface area contributed by atoms with Crippen molar-refractivity contribution in [3.63, 3.8) is 0 Å². The molecule has 44 heavy (non-hydrogen) atoms. The van der Waals surface area contributed by atoms with Crippen molar-refractivity contribution >= 4 is 33.3 Å². The fourth-order valence-corrected chi connectivity index (χ4v) is 6.30. The standard InChI is InChI=1S/C27H18ClF6N3O6S/c28-19-6-2-5-18(27(32,33)34)23(19)24-35-25(43-36-24)14-7-9-21-20(11-14)37(13-16(42-21)8-10-22(38)39)44(40,41)17-4-1-3-15(12-17)26(29,30)31/h1-7,9,11-12,16H,8,10,13H2,(H,38,39)/t16-/m0/s1. The molecule has 3 aromatic carbocycles. The van der Waals surface area contributed by atoms with E-state index in [4.69, 9.17) is 26.0 Å². The molecule has 0 radical (unpaired) electrons. The Morgan fingerprint density at radius 2 is 1.75 bits per heavy atom. The highest BCUT2D eigenvalue weighted by Gasteiger charge is 2.38. The van der Waals surface area contributed by atoms with Crippen LogP contribution in [0.3, 0.4) is 0 Å². The number of sulfonamides is 1. The summed E-state index contributed by atoms with van der Waals surface area (Å²) in [6, 6.07) is 9.98. The molecule has 232 valence electrons. The highest BCUT2D eigenvalue weighted by atomic mass is 35.5. The number of benzene rings is 3. The first-order valence-corrected chi connectivity index (χ1v) is 14.3. The lowest BCUT2D eigenvalue weighted by atomic mass is 10.1. The lowest BCUT2D eigenvalue weighted by Gasteiger charge is -2.35. The van der Waals surface area contributed by atoms with Crippen LogP contribution in [-0.4, -0.2) is 42.3 Å². The first-order valence-electron chi connectivity index (χ1n) is 12.5. The Morgan fingerprint density at radius 3 is 2.43 bits per heavy atom. The molecule has 0 spiro atoms. The highest BCUT2D eigenvalue weighted by Crippen LogP contribution is 2.43. The second kappa shape index (κ2) is 11.3. The van der Waals surface area contributed by atoms with E-state index in [0.29, 0.717) is 12.1 Å². The van der Waals surface area contributed by atoms with Gasteiger partial charge in [-0.2, -0.15) is 31.3 Å². The van der Waals surface area contributed by atoms with Gasteiger partial charge in [-0.05, 0) is 55.0 Å². The summed E-state index contributed by atoms with van der Waals surface area (Å²) in [7, 11) is -4.70. The summed E-state index contributed by atoms with van der Waals surface area (Å²) in [4.78, 5) is 14.5. The van der Waals surface area contributed by atoms with E-state index < -0.39 is 68.4 Å². The lowest BCUT2D eigenvalue weighted by molar-refractivity contribution is -0.138. The molecule has 5 rings (SSSR count). The van der Waals surface area contributed by atoms with E-state index in [0.717, 1.165) is 28.6 Å². The predicted octanol–water partition coefficient (Wildman–Crippen LogP) is 6.92. The Balaban J connectivity index is 1.58. The number of ether oxygens (including phenoxy) is 1. The maximum atomic E-state index is 13.7. The molecule has 1 aromatic heterocycles. The molecule has 0 fully saturated rings. The van der Waals surface area contributed by atoms with Crippen LogP contribution in [-0.2, 0) is 27.2 Å². The SMILES string of the molecule is O=C(O)CC[C@H]1CN(S(=O)(=O)c2cccc(C(F)(F)F)c2)c2cc(-c3nc(-c4c(Cl)cccc4C(F)(F)F)no3)ccc2O1. The van der Waals surface area contributed by atoms with Crippen molar-refractivity contribution in [1.29, 1.82) is 0 Å². The molecule has 1 aliphatic rings. The number of alkyl halides is 6. The van der Waals surface area contributed by atoms with E-state index in [-0.39, 0.29) is 40.8 Å². The largest absolute Gasteiger partial charge is 0.486 e. The van der Waals surface area contributed by atoms with Crippen LogP contribution in [0.1, 0.15) is 24.0 Å². The third-order valence-electron chi connectivity index (χ3n) is 6.54.